The molecule has 2 saturated heterocycles. The van der Waals surface area contributed by atoms with Crippen molar-refractivity contribution in [1.29, 1.82) is 0 Å². The number of methoxy groups -OCH3 is 1. The van der Waals surface area contributed by atoms with E-state index in [1.807, 2.05) is 0 Å². The monoisotopic (exact) mass is 448 g/mol. The zero-order chi connectivity index (χ0) is 22.9. The molecule has 1 aromatic rings. The highest BCUT2D eigenvalue weighted by atomic mass is 16.7. The molecular weight excluding hydrogens is 420 g/mol. The van der Waals surface area contributed by atoms with Crippen LogP contribution in [0.25, 0.3) is 0 Å². The Hall–Kier alpha value is -1.74. The SMILES string of the molecule is COc1cc(OC2OC(COC3OC(C)C(O)C(O)C3O)C(O)C(O)C2O)ccc1O. The average Bonchev–Trinajstić information content (AvgIpc) is 2.76. The number of rotatable bonds is 6. The fourth-order valence-electron chi connectivity index (χ4n) is 3.36. The van der Waals surface area contributed by atoms with E-state index >= 15 is 0 Å². The Labute approximate surface area is 177 Å². The van der Waals surface area contributed by atoms with E-state index in [-0.39, 0.29) is 17.2 Å². The largest absolute Gasteiger partial charge is 0.504 e. The molecule has 0 aliphatic carbocycles. The first-order chi connectivity index (χ1) is 14.6. The summed E-state index contributed by atoms with van der Waals surface area (Å²) in [4.78, 5) is 0. The molecule has 0 spiro atoms. The molecule has 12 nitrogen and oxygen atoms in total. The van der Waals surface area contributed by atoms with E-state index < -0.39 is 68.0 Å². The number of aliphatic hydroxyl groups excluding tert-OH is 6. The maximum atomic E-state index is 10.2. The third-order valence-corrected chi connectivity index (χ3v) is 5.31. The molecule has 2 heterocycles. The minimum atomic E-state index is -1.64. The number of aliphatic hydroxyl groups is 6. The molecule has 0 saturated carbocycles. The summed E-state index contributed by atoms with van der Waals surface area (Å²) in [6.45, 7) is 1.08. The minimum absolute atomic E-state index is 0.113. The van der Waals surface area contributed by atoms with Crippen molar-refractivity contribution in [3.8, 4) is 17.2 Å². The number of aromatic hydroxyl groups is 1. The highest BCUT2D eigenvalue weighted by molar-refractivity contribution is 5.44. The van der Waals surface area contributed by atoms with Crippen LogP contribution in [0.15, 0.2) is 18.2 Å². The lowest BCUT2D eigenvalue weighted by Crippen LogP contribution is -2.61. The second-order valence-corrected chi connectivity index (χ2v) is 7.48. The van der Waals surface area contributed by atoms with E-state index in [1.54, 1.807) is 0 Å². The lowest BCUT2D eigenvalue weighted by molar-refractivity contribution is -0.318. The first-order valence-corrected chi connectivity index (χ1v) is 9.68. The van der Waals surface area contributed by atoms with Gasteiger partial charge in [-0.1, -0.05) is 0 Å². The molecule has 2 fully saturated rings. The van der Waals surface area contributed by atoms with Gasteiger partial charge < -0.3 is 59.4 Å². The van der Waals surface area contributed by atoms with Crippen molar-refractivity contribution in [1.82, 2.24) is 0 Å². The molecular formula is C19H28O12. The Balaban J connectivity index is 1.66. The maximum absolute atomic E-state index is 10.2. The van der Waals surface area contributed by atoms with Gasteiger partial charge in [-0.25, -0.2) is 0 Å². The molecule has 12 heteroatoms. The van der Waals surface area contributed by atoms with E-state index in [4.69, 9.17) is 23.7 Å². The van der Waals surface area contributed by atoms with Gasteiger partial charge in [-0.3, -0.25) is 0 Å². The second kappa shape index (κ2) is 9.81. The molecule has 176 valence electrons. The van der Waals surface area contributed by atoms with E-state index in [1.165, 1.54) is 32.2 Å². The fourth-order valence-corrected chi connectivity index (χ4v) is 3.36. The van der Waals surface area contributed by atoms with Crippen molar-refractivity contribution >= 4 is 0 Å². The molecule has 10 unspecified atom stereocenters. The first kappa shape index (κ1) is 23.9. The predicted molar refractivity (Wildman–Crippen MR) is 100 cm³/mol. The van der Waals surface area contributed by atoms with Crippen molar-refractivity contribution < 1.29 is 59.4 Å². The number of hydrogen-bond donors (Lipinski definition) is 7. The van der Waals surface area contributed by atoms with E-state index in [2.05, 4.69) is 0 Å². The van der Waals surface area contributed by atoms with Gasteiger partial charge in [0.1, 0.15) is 48.5 Å². The average molecular weight is 448 g/mol. The molecule has 7 N–H and O–H groups in total. The summed E-state index contributed by atoms with van der Waals surface area (Å²) in [5.74, 6) is 0.134. The topological polar surface area (TPSA) is 188 Å². The van der Waals surface area contributed by atoms with Crippen LogP contribution in [0.1, 0.15) is 6.92 Å². The zero-order valence-electron chi connectivity index (χ0n) is 16.9. The molecule has 0 amide bonds. The van der Waals surface area contributed by atoms with Gasteiger partial charge in [0.2, 0.25) is 6.29 Å². The Morgan fingerprint density at radius 1 is 0.839 bits per heavy atom. The van der Waals surface area contributed by atoms with E-state index in [0.717, 1.165) is 0 Å². The predicted octanol–water partition coefficient (Wildman–Crippen LogP) is -2.57. The summed E-state index contributed by atoms with van der Waals surface area (Å²) in [6.07, 6.45) is -13.9. The van der Waals surface area contributed by atoms with Crippen LogP contribution in [0, 0.1) is 0 Å². The quantitative estimate of drug-likeness (QED) is 0.241. The van der Waals surface area contributed by atoms with Crippen LogP contribution in [0.2, 0.25) is 0 Å². The molecule has 10 atom stereocenters. The zero-order valence-corrected chi connectivity index (χ0v) is 16.9. The molecule has 31 heavy (non-hydrogen) atoms. The molecule has 3 rings (SSSR count). The van der Waals surface area contributed by atoms with Crippen LogP contribution in [-0.4, -0.2) is 111 Å². The molecule has 0 bridgehead atoms. The molecule has 0 radical (unpaired) electrons. The number of phenols is 1. The van der Waals surface area contributed by atoms with Crippen LogP contribution in [0.4, 0.5) is 0 Å². The summed E-state index contributed by atoms with van der Waals surface area (Å²) in [7, 11) is 1.34. The van der Waals surface area contributed by atoms with Gasteiger partial charge in [-0.15, -0.1) is 0 Å². The highest BCUT2D eigenvalue weighted by Crippen LogP contribution is 2.32. The van der Waals surface area contributed by atoms with E-state index in [0.29, 0.717) is 0 Å². The number of benzene rings is 1. The van der Waals surface area contributed by atoms with Crippen LogP contribution >= 0.6 is 0 Å². The Kier molecular flexibility index (Phi) is 7.57. The summed E-state index contributed by atoms with van der Waals surface area (Å²) < 4.78 is 26.8. The lowest BCUT2D eigenvalue weighted by atomic mass is 9.98. The Morgan fingerprint density at radius 2 is 1.48 bits per heavy atom. The molecule has 0 aromatic heterocycles. The summed E-state index contributed by atoms with van der Waals surface area (Å²) >= 11 is 0. The van der Waals surface area contributed by atoms with Gasteiger partial charge >= 0.3 is 0 Å². The third kappa shape index (κ3) is 5.03. The summed E-state index contributed by atoms with van der Waals surface area (Å²) in [5, 5.41) is 69.9. The van der Waals surface area contributed by atoms with Gasteiger partial charge in [0.25, 0.3) is 0 Å². The normalized spacial score (nSPS) is 41.0. The number of hydrogen-bond acceptors (Lipinski definition) is 12. The van der Waals surface area contributed by atoms with Gasteiger partial charge in [-0.05, 0) is 19.1 Å². The fraction of sp³-hybridized carbons (Fsp3) is 0.684. The third-order valence-electron chi connectivity index (χ3n) is 5.31. The second-order valence-electron chi connectivity index (χ2n) is 7.48. The highest BCUT2D eigenvalue weighted by Gasteiger charge is 2.47. The Bertz CT molecular complexity index is 732. The van der Waals surface area contributed by atoms with Crippen molar-refractivity contribution in [2.45, 2.75) is 68.3 Å². The van der Waals surface area contributed by atoms with Crippen molar-refractivity contribution in [2.24, 2.45) is 0 Å². The molecule has 2 aliphatic heterocycles. The number of ether oxygens (including phenoxy) is 5. The van der Waals surface area contributed by atoms with Crippen molar-refractivity contribution in [3.05, 3.63) is 18.2 Å². The van der Waals surface area contributed by atoms with Crippen LogP contribution in [0.5, 0.6) is 17.2 Å². The smallest absolute Gasteiger partial charge is 0.229 e. The van der Waals surface area contributed by atoms with Crippen LogP contribution in [-0.2, 0) is 14.2 Å². The number of phenolic OH excluding ortho intramolecular Hbond substituents is 1. The molecule has 2 aliphatic rings. The maximum Gasteiger partial charge on any atom is 0.229 e. The van der Waals surface area contributed by atoms with Gasteiger partial charge in [0.15, 0.2) is 17.8 Å². The summed E-state index contributed by atoms with van der Waals surface area (Å²) in [6, 6.07) is 4.03. The van der Waals surface area contributed by atoms with E-state index in [9.17, 15) is 35.7 Å². The van der Waals surface area contributed by atoms with Crippen molar-refractivity contribution in [3.63, 3.8) is 0 Å². The standard InChI is InChI=1S/C19H28O12/c1-7-12(21)14(23)16(25)18(29-7)28-6-11-13(22)15(24)17(26)19(31-11)30-8-3-4-9(20)10(5-8)27-2/h3-5,7,11-26H,6H2,1-2H3. The van der Waals surface area contributed by atoms with Gasteiger partial charge in [-0.2, -0.15) is 0 Å². The van der Waals surface area contributed by atoms with Gasteiger partial charge in [0, 0.05) is 6.07 Å². The Morgan fingerprint density at radius 3 is 2.16 bits per heavy atom. The lowest BCUT2D eigenvalue weighted by Gasteiger charge is -2.42. The first-order valence-electron chi connectivity index (χ1n) is 9.68. The summed E-state index contributed by atoms with van der Waals surface area (Å²) in [5.41, 5.74) is 0. The minimum Gasteiger partial charge on any atom is -0.504 e. The van der Waals surface area contributed by atoms with Crippen molar-refractivity contribution in [2.75, 3.05) is 13.7 Å². The van der Waals surface area contributed by atoms with Crippen LogP contribution < -0.4 is 9.47 Å². The van der Waals surface area contributed by atoms with Crippen LogP contribution in [0.3, 0.4) is 0 Å². The van der Waals surface area contributed by atoms with Gasteiger partial charge in [0.05, 0.1) is 19.8 Å². The molecule has 1 aromatic carbocycles.